The van der Waals surface area contributed by atoms with Gasteiger partial charge in [-0.05, 0) is 25.8 Å². The quantitative estimate of drug-likeness (QED) is 0.639. The third kappa shape index (κ3) is 2.87. The molecule has 1 aliphatic heterocycles. The van der Waals surface area contributed by atoms with Crippen molar-refractivity contribution in [3.8, 4) is 0 Å². The molecule has 6 heteroatoms. The summed E-state index contributed by atoms with van der Waals surface area (Å²) in [6, 6.07) is -1.13. The third-order valence-corrected chi connectivity index (χ3v) is 3.71. The SMILES string of the molecule is CC(NC(=O)[C@@H]1C(C)[C@@H](C)CN1C)C(=O)C(N)=O. The largest absolute Gasteiger partial charge is 0.363 e. The number of hydrogen-bond donors (Lipinski definition) is 2. The Kier molecular flexibility index (Phi) is 4.45. The second-order valence-electron chi connectivity index (χ2n) is 5.18. The number of amides is 2. The number of nitrogens with one attached hydrogen (secondary N) is 1. The summed E-state index contributed by atoms with van der Waals surface area (Å²) in [5.74, 6) is -1.39. The van der Waals surface area contributed by atoms with Crippen molar-refractivity contribution in [1.29, 1.82) is 0 Å². The van der Waals surface area contributed by atoms with Gasteiger partial charge in [0.05, 0.1) is 12.1 Å². The van der Waals surface area contributed by atoms with Gasteiger partial charge in [-0.25, -0.2) is 0 Å². The summed E-state index contributed by atoms with van der Waals surface area (Å²) < 4.78 is 0. The number of hydrogen-bond acceptors (Lipinski definition) is 4. The van der Waals surface area contributed by atoms with Crippen LogP contribution in [0.15, 0.2) is 0 Å². The Morgan fingerprint density at radius 3 is 2.28 bits per heavy atom. The molecule has 0 saturated carbocycles. The van der Waals surface area contributed by atoms with E-state index in [1.165, 1.54) is 6.92 Å². The molecule has 0 bridgehead atoms. The molecule has 2 unspecified atom stereocenters. The average molecular weight is 255 g/mol. The van der Waals surface area contributed by atoms with E-state index in [1.54, 1.807) is 0 Å². The zero-order valence-corrected chi connectivity index (χ0v) is 11.3. The first kappa shape index (κ1) is 14.6. The third-order valence-electron chi connectivity index (χ3n) is 3.71. The molecule has 0 aliphatic carbocycles. The number of rotatable bonds is 4. The van der Waals surface area contributed by atoms with E-state index in [4.69, 9.17) is 5.73 Å². The molecule has 1 heterocycles. The smallest absolute Gasteiger partial charge is 0.287 e. The van der Waals surface area contributed by atoms with E-state index >= 15 is 0 Å². The van der Waals surface area contributed by atoms with E-state index in [2.05, 4.69) is 12.2 Å². The van der Waals surface area contributed by atoms with Gasteiger partial charge in [-0.1, -0.05) is 13.8 Å². The van der Waals surface area contributed by atoms with Gasteiger partial charge in [0.25, 0.3) is 5.91 Å². The molecule has 1 saturated heterocycles. The average Bonchev–Trinajstić information content (AvgIpc) is 2.51. The lowest BCUT2D eigenvalue weighted by atomic mass is 9.93. The van der Waals surface area contributed by atoms with E-state index in [9.17, 15) is 14.4 Å². The molecule has 18 heavy (non-hydrogen) atoms. The molecule has 0 radical (unpaired) electrons. The Morgan fingerprint density at radius 2 is 1.89 bits per heavy atom. The summed E-state index contributed by atoms with van der Waals surface area (Å²) in [5.41, 5.74) is 4.89. The number of ketones is 1. The van der Waals surface area contributed by atoms with Crippen LogP contribution in [0.25, 0.3) is 0 Å². The number of likely N-dealkylation sites (tertiary alicyclic amines) is 1. The Bertz CT molecular complexity index is 370. The van der Waals surface area contributed by atoms with Gasteiger partial charge in [-0.3, -0.25) is 19.3 Å². The molecule has 0 spiro atoms. The number of nitrogens with zero attached hydrogens (tertiary/aromatic N) is 1. The van der Waals surface area contributed by atoms with Crippen LogP contribution in [0, 0.1) is 11.8 Å². The minimum atomic E-state index is -1.02. The predicted octanol–water partition coefficient (Wildman–Crippen LogP) is -0.868. The minimum Gasteiger partial charge on any atom is -0.363 e. The Morgan fingerprint density at radius 1 is 1.33 bits per heavy atom. The van der Waals surface area contributed by atoms with Crippen molar-refractivity contribution < 1.29 is 14.4 Å². The summed E-state index contributed by atoms with van der Waals surface area (Å²) in [4.78, 5) is 36.1. The topological polar surface area (TPSA) is 92.5 Å². The lowest BCUT2D eigenvalue weighted by Gasteiger charge is -2.23. The van der Waals surface area contributed by atoms with Gasteiger partial charge < -0.3 is 11.1 Å². The second-order valence-corrected chi connectivity index (χ2v) is 5.18. The van der Waals surface area contributed by atoms with Crippen LogP contribution in [0.4, 0.5) is 0 Å². The zero-order chi connectivity index (χ0) is 14.0. The highest BCUT2D eigenvalue weighted by Crippen LogP contribution is 2.27. The molecule has 1 aliphatic rings. The summed E-state index contributed by atoms with van der Waals surface area (Å²) in [6.07, 6.45) is 0. The van der Waals surface area contributed by atoms with Gasteiger partial charge in [0.2, 0.25) is 11.7 Å². The first-order valence-electron chi connectivity index (χ1n) is 6.10. The second kappa shape index (κ2) is 5.48. The highest BCUT2D eigenvalue weighted by atomic mass is 16.2. The standard InChI is InChI=1S/C12H21N3O3/c1-6-5-15(4)9(7(6)2)12(18)14-8(3)10(16)11(13)17/h6-9H,5H2,1-4H3,(H2,13,17)(H,14,18)/t6-,7?,8?,9-/m0/s1. The first-order valence-corrected chi connectivity index (χ1v) is 6.10. The maximum atomic E-state index is 12.1. The summed E-state index contributed by atoms with van der Waals surface area (Å²) in [7, 11) is 1.88. The molecule has 0 aromatic heterocycles. The van der Waals surface area contributed by atoms with Gasteiger partial charge >= 0.3 is 0 Å². The normalized spacial score (nSPS) is 29.9. The number of nitrogens with two attached hydrogens (primary N) is 1. The van der Waals surface area contributed by atoms with E-state index in [1.807, 2.05) is 18.9 Å². The number of carbonyl (C=O) groups is 3. The number of likely N-dealkylation sites (N-methyl/N-ethyl adjacent to an activating group) is 1. The maximum Gasteiger partial charge on any atom is 0.287 e. The Hall–Kier alpha value is -1.43. The van der Waals surface area contributed by atoms with Crippen molar-refractivity contribution in [3.63, 3.8) is 0 Å². The van der Waals surface area contributed by atoms with Crippen LogP contribution in [-0.2, 0) is 14.4 Å². The molecule has 0 aromatic carbocycles. The summed E-state index contributed by atoms with van der Waals surface area (Å²) in [6.45, 7) is 6.41. The van der Waals surface area contributed by atoms with Crippen LogP contribution < -0.4 is 11.1 Å². The Balaban J connectivity index is 2.66. The van der Waals surface area contributed by atoms with Crippen molar-refractivity contribution in [2.24, 2.45) is 17.6 Å². The molecule has 4 atom stereocenters. The zero-order valence-electron chi connectivity index (χ0n) is 11.3. The van der Waals surface area contributed by atoms with E-state index in [0.29, 0.717) is 5.92 Å². The number of primary amides is 1. The van der Waals surface area contributed by atoms with Crippen molar-refractivity contribution in [2.45, 2.75) is 32.9 Å². The monoisotopic (exact) mass is 255 g/mol. The van der Waals surface area contributed by atoms with Crippen LogP contribution in [0.2, 0.25) is 0 Å². The van der Waals surface area contributed by atoms with Gasteiger partial charge in [-0.15, -0.1) is 0 Å². The molecule has 3 N–H and O–H groups in total. The van der Waals surface area contributed by atoms with E-state index in [-0.39, 0.29) is 17.9 Å². The maximum absolute atomic E-state index is 12.1. The van der Waals surface area contributed by atoms with E-state index < -0.39 is 17.7 Å². The fourth-order valence-electron chi connectivity index (χ4n) is 2.46. The fourth-order valence-corrected chi connectivity index (χ4v) is 2.46. The van der Waals surface area contributed by atoms with Gasteiger partial charge in [0.15, 0.2) is 0 Å². The van der Waals surface area contributed by atoms with Crippen LogP contribution in [0.5, 0.6) is 0 Å². The van der Waals surface area contributed by atoms with Crippen LogP contribution in [0.1, 0.15) is 20.8 Å². The van der Waals surface area contributed by atoms with Crippen molar-refractivity contribution in [1.82, 2.24) is 10.2 Å². The first-order chi connectivity index (χ1) is 8.25. The Labute approximate surface area is 107 Å². The number of Topliss-reactive ketones (excluding diaryl/α,β-unsaturated/α-hetero) is 1. The molecule has 102 valence electrons. The predicted molar refractivity (Wildman–Crippen MR) is 66.6 cm³/mol. The lowest BCUT2D eigenvalue weighted by molar-refractivity contribution is -0.138. The molecular weight excluding hydrogens is 234 g/mol. The van der Waals surface area contributed by atoms with Crippen LogP contribution in [0.3, 0.4) is 0 Å². The lowest BCUT2D eigenvalue weighted by Crippen LogP contribution is -2.51. The van der Waals surface area contributed by atoms with Crippen molar-refractivity contribution in [2.75, 3.05) is 13.6 Å². The van der Waals surface area contributed by atoms with Crippen LogP contribution in [-0.4, -0.2) is 48.2 Å². The summed E-state index contributed by atoms with van der Waals surface area (Å²) in [5, 5.41) is 2.55. The molecule has 1 rings (SSSR count). The van der Waals surface area contributed by atoms with Crippen molar-refractivity contribution >= 4 is 17.6 Å². The van der Waals surface area contributed by atoms with Gasteiger partial charge in [0, 0.05) is 6.54 Å². The highest BCUT2D eigenvalue weighted by molar-refractivity contribution is 6.37. The molecule has 2 amide bonds. The summed E-state index contributed by atoms with van der Waals surface area (Å²) >= 11 is 0. The highest BCUT2D eigenvalue weighted by Gasteiger charge is 2.39. The minimum absolute atomic E-state index is 0.214. The van der Waals surface area contributed by atoms with Gasteiger partial charge in [-0.2, -0.15) is 0 Å². The molecule has 1 fully saturated rings. The fraction of sp³-hybridized carbons (Fsp3) is 0.750. The van der Waals surface area contributed by atoms with E-state index in [0.717, 1.165) is 6.54 Å². The molecule has 6 nitrogen and oxygen atoms in total. The van der Waals surface area contributed by atoms with Gasteiger partial charge in [0.1, 0.15) is 0 Å². The van der Waals surface area contributed by atoms with Crippen molar-refractivity contribution in [3.05, 3.63) is 0 Å². The van der Waals surface area contributed by atoms with Crippen LogP contribution >= 0.6 is 0 Å². The number of carbonyl (C=O) groups excluding carboxylic acids is 3. The molecular formula is C12H21N3O3. The molecule has 0 aromatic rings.